The number of rotatable bonds is 7. The number of amides is 1. The van der Waals surface area contributed by atoms with Crippen molar-refractivity contribution in [2.45, 2.75) is 20.3 Å². The van der Waals surface area contributed by atoms with Crippen molar-refractivity contribution in [3.8, 4) is 11.5 Å². The van der Waals surface area contributed by atoms with Gasteiger partial charge in [-0.2, -0.15) is 0 Å². The molecule has 1 aromatic rings. The second-order valence-corrected chi connectivity index (χ2v) is 4.30. The zero-order valence-electron chi connectivity index (χ0n) is 12.3. The van der Waals surface area contributed by atoms with Crippen molar-refractivity contribution in [2.75, 3.05) is 13.7 Å². The first kappa shape index (κ1) is 16.6. The maximum Gasteiger partial charge on any atom is 0.352 e. The summed E-state index contributed by atoms with van der Waals surface area (Å²) in [4.78, 5) is 22.1. The predicted octanol–water partition coefficient (Wildman–Crippen LogP) is 2.05. The zero-order valence-corrected chi connectivity index (χ0v) is 12.3. The van der Waals surface area contributed by atoms with Crippen LogP contribution in [0.4, 0.5) is 0 Å². The van der Waals surface area contributed by atoms with Crippen molar-refractivity contribution in [1.82, 2.24) is 5.32 Å². The number of carboxylic acids is 1. The van der Waals surface area contributed by atoms with Gasteiger partial charge in [0.15, 0.2) is 11.5 Å². The number of aliphatic carboxylic acids is 1. The molecule has 6 nitrogen and oxygen atoms in total. The minimum atomic E-state index is -1.21. The van der Waals surface area contributed by atoms with Crippen molar-refractivity contribution in [3.05, 3.63) is 29.5 Å². The Morgan fingerprint density at radius 3 is 2.57 bits per heavy atom. The second kappa shape index (κ2) is 7.94. The van der Waals surface area contributed by atoms with Crippen LogP contribution < -0.4 is 14.8 Å². The van der Waals surface area contributed by atoms with Gasteiger partial charge in [0.05, 0.1) is 13.7 Å². The molecule has 0 radical (unpaired) electrons. The van der Waals surface area contributed by atoms with Crippen molar-refractivity contribution in [2.24, 2.45) is 0 Å². The van der Waals surface area contributed by atoms with Crippen LogP contribution in [0.2, 0.25) is 0 Å². The number of methoxy groups -OCH3 is 1. The summed E-state index contributed by atoms with van der Waals surface area (Å²) in [7, 11) is 1.53. The van der Waals surface area contributed by atoms with Gasteiger partial charge in [-0.15, -0.1) is 0 Å². The monoisotopic (exact) mass is 293 g/mol. The van der Waals surface area contributed by atoms with E-state index in [4.69, 9.17) is 14.6 Å². The molecule has 0 atom stereocenters. The summed E-state index contributed by atoms with van der Waals surface area (Å²) >= 11 is 0. The molecule has 0 aliphatic heterocycles. The zero-order chi connectivity index (χ0) is 15.8. The average molecular weight is 293 g/mol. The fraction of sp³-hybridized carbons (Fsp3) is 0.333. The number of hydrogen-bond acceptors (Lipinski definition) is 4. The van der Waals surface area contributed by atoms with E-state index in [-0.39, 0.29) is 5.70 Å². The van der Waals surface area contributed by atoms with Gasteiger partial charge in [0.2, 0.25) is 5.91 Å². The SMILES string of the molecule is CCCOc1cc(/C=C(/NC(C)=O)C(=O)O)ccc1OC. The Labute approximate surface area is 123 Å². The number of benzene rings is 1. The molecule has 6 heteroatoms. The average Bonchev–Trinajstić information content (AvgIpc) is 2.44. The second-order valence-electron chi connectivity index (χ2n) is 4.30. The number of carbonyl (C=O) groups is 2. The third-order valence-corrected chi connectivity index (χ3v) is 2.50. The summed E-state index contributed by atoms with van der Waals surface area (Å²) in [5.74, 6) is -0.561. The van der Waals surface area contributed by atoms with E-state index < -0.39 is 11.9 Å². The number of carboxylic acid groups (broad SMARTS) is 1. The lowest BCUT2D eigenvalue weighted by atomic mass is 10.1. The van der Waals surface area contributed by atoms with E-state index in [0.717, 1.165) is 6.42 Å². The van der Waals surface area contributed by atoms with E-state index in [1.165, 1.54) is 20.1 Å². The van der Waals surface area contributed by atoms with E-state index in [1.54, 1.807) is 18.2 Å². The first-order valence-corrected chi connectivity index (χ1v) is 6.51. The van der Waals surface area contributed by atoms with Crippen molar-refractivity contribution < 1.29 is 24.2 Å². The molecule has 0 saturated carbocycles. The van der Waals surface area contributed by atoms with Crippen LogP contribution in [0, 0.1) is 0 Å². The van der Waals surface area contributed by atoms with E-state index in [2.05, 4.69) is 5.32 Å². The van der Waals surface area contributed by atoms with Crippen LogP contribution in [0.5, 0.6) is 11.5 Å². The molecule has 0 heterocycles. The molecule has 0 fully saturated rings. The van der Waals surface area contributed by atoms with Gasteiger partial charge in [-0.25, -0.2) is 4.79 Å². The van der Waals surface area contributed by atoms with Gasteiger partial charge in [0, 0.05) is 6.92 Å². The summed E-state index contributed by atoms with van der Waals surface area (Å²) in [6.07, 6.45) is 2.21. The molecule has 21 heavy (non-hydrogen) atoms. The molecular weight excluding hydrogens is 274 g/mol. The van der Waals surface area contributed by atoms with Crippen LogP contribution in [0.15, 0.2) is 23.9 Å². The normalized spacial score (nSPS) is 10.9. The van der Waals surface area contributed by atoms with Crippen LogP contribution in [0.3, 0.4) is 0 Å². The Hall–Kier alpha value is -2.50. The quantitative estimate of drug-likeness (QED) is 0.751. The first-order valence-electron chi connectivity index (χ1n) is 6.51. The molecule has 1 amide bonds. The summed E-state index contributed by atoms with van der Waals surface area (Å²) in [6, 6.07) is 5.03. The lowest BCUT2D eigenvalue weighted by molar-refractivity contribution is -0.134. The third-order valence-electron chi connectivity index (χ3n) is 2.50. The molecule has 0 bridgehead atoms. The fourth-order valence-electron chi connectivity index (χ4n) is 1.62. The highest BCUT2D eigenvalue weighted by atomic mass is 16.5. The van der Waals surface area contributed by atoms with E-state index in [0.29, 0.717) is 23.7 Å². The summed E-state index contributed by atoms with van der Waals surface area (Å²) in [6.45, 7) is 3.76. The highest BCUT2D eigenvalue weighted by Crippen LogP contribution is 2.29. The standard InChI is InChI=1S/C15H19NO5/c1-4-7-21-14-9-11(5-6-13(14)20-3)8-12(15(18)19)16-10(2)17/h5-6,8-9H,4,7H2,1-3H3,(H,16,17)(H,18,19)/b12-8+. The van der Waals surface area contributed by atoms with Gasteiger partial charge < -0.3 is 19.9 Å². The fourth-order valence-corrected chi connectivity index (χ4v) is 1.62. The Bertz CT molecular complexity index is 551. The molecular formula is C15H19NO5. The van der Waals surface area contributed by atoms with Gasteiger partial charge >= 0.3 is 5.97 Å². The largest absolute Gasteiger partial charge is 0.493 e. The van der Waals surface area contributed by atoms with Crippen molar-refractivity contribution in [3.63, 3.8) is 0 Å². The Balaban J connectivity index is 3.11. The Kier molecular flexibility index (Phi) is 6.26. The van der Waals surface area contributed by atoms with Gasteiger partial charge in [0.1, 0.15) is 5.70 Å². The van der Waals surface area contributed by atoms with Crippen molar-refractivity contribution >= 4 is 18.0 Å². The Morgan fingerprint density at radius 2 is 2.05 bits per heavy atom. The summed E-state index contributed by atoms with van der Waals surface area (Å²) < 4.78 is 10.7. The molecule has 114 valence electrons. The molecule has 0 aliphatic carbocycles. The number of hydrogen-bond donors (Lipinski definition) is 2. The lowest BCUT2D eigenvalue weighted by Crippen LogP contribution is -2.24. The summed E-state index contributed by atoms with van der Waals surface area (Å²) in [5.41, 5.74) is 0.391. The number of nitrogens with one attached hydrogen (secondary N) is 1. The van der Waals surface area contributed by atoms with Crippen LogP contribution in [0.25, 0.3) is 6.08 Å². The van der Waals surface area contributed by atoms with Gasteiger partial charge in [-0.3, -0.25) is 4.79 Å². The van der Waals surface area contributed by atoms with E-state index in [9.17, 15) is 9.59 Å². The maximum absolute atomic E-state index is 11.1. The molecule has 2 N–H and O–H groups in total. The Morgan fingerprint density at radius 1 is 1.33 bits per heavy atom. The lowest BCUT2D eigenvalue weighted by Gasteiger charge is -2.11. The van der Waals surface area contributed by atoms with Crippen LogP contribution >= 0.6 is 0 Å². The van der Waals surface area contributed by atoms with Gasteiger partial charge in [-0.1, -0.05) is 13.0 Å². The predicted molar refractivity (Wildman–Crippen MR) is 78.2 cm³/mol. The minimum absolute atomic E-state index is 0.200. The van der Waals surface area contributed by atoms with Crippen LogP contribution in [-0.2, 0) is 9.59 Å². The van der Waals surface area contributed by atoms with E-state index >= 15 is 0 Å². The van der Waals surface area contributed by atoms with Crippen LogP contribution in [0.1, 0.15) is 25.8 Å². The molecule has 1 aromatic carbocycles. The molecule has 0 saturated heterocycles. The third kappa shape index (κ3) is 5.18. The molecule has 0 spiro atoms. The molecule has 0 unspecified atom stereocenters. The summed E-state index contributed by atoms with van der Waals surface area (Å²) in [5, 5.41) is 11.3. The molecule has 0 aromatic heterocycles. The maximum atomic E-state index is 11.1. The van der Waals surface area contributed by atoms with E-state index in [1.807, 2.05) is 6.92 Å². The minimum Gasteiger partial charge on any atom is -0.493 e. The molecule has 0 aliphatic rings. The first-order chi connectivity index (χ1) is 9.97. The number of ether oxygens (including phenoxy) is 2. The topological polar surface area (TPSA) is 84.9 Å². The highest BCUT2D eigenvalue weighted by Gasteiger charge is 2.10. The smallest absolute Gasteiger partial charge is 0.352 e. The van der Waals surface area contributed by atoms with Crippen molar-refractivity contribution in [1.29, 1.82) is 0 Å². The van der Waals surface area contributed by atoms with Crippen LogP contribution in [-0.4, -0.2) is 30.7 Å². The van der Waals surface area contributed by atoms with Gasteiger partial charge in [-0.05, 0) is 30.2 Å². The number of carbonyl (C=O) groups excluding carboxylic acids is 1. The highest BCUT2D eigenvalue weighted by molar-refractivity contribution is 5.96. The van der Waals surface area contributed by atoms with Gasteiger partial charge in [0.25, 0.3) is 0 Å². The molecule has 1 rings (SSSR count).